The molecule has 0 aliphatic carbocycles. The molecule has 118 valence electrons. The summed E-state index contributed by atoms with van der Waals surface area (Å²) < 4.78 is 0. The van der Waals surface area contributed by atoms with E-state index in [-0.39, 0.29) is 0 Å². The van der Waals surface area contributed by atoms with Crippen molar-refractivity contribution < 1.29 is 0 Å². The van der Waals surface area contributed by atoms with Gasteiger partial charge in [-0.1, -0.05) is 40.2 Å². The van der Waals surface area contributed by atoms with Crippen molar-refractivity contribution in [2.24, 2.45) is 11.8 Å². The summed E-state index contributed by atoms with van der Waals surface area (Å²) in [4.78, 5) is 3.99. The van der Waals surface area contributed by atoms with Crippen molar-refractivity contribution in [1.82, 2.24) is 5.32 Å². The molecular formula is C18H30N2S. The highest BCUT2D eigenvalue weighted by molar-refractivity contribution is 7.98. The van der Waals surface area contributed by atoms with Gasteiger partial charge in [-0.15, -0.1) is 11.8 Å². The lowest BCUT2D eigenvalue weighted by Crippen LogP contribution is -2.60. The molecule has 2 nitrogen and oxygen atoms in total. The van der Waals surface area contributed by atoms with E-state index >= 15 is 0 Å². The van der Waals surface area contributed by atoms with Crippen LogP contribution in [-0.2, 0) is 0 Å². The zero-order chi connectivity index (χ0) is 15.4. The molecule has 1 aromatic rings. The minimum Gasteiger partial charge on any atom is -0.365 e. The van der Waals surface area contributed by atoms with Gasteiger partial charge in [-0.25, -0.2) is 0 Å². The van der Waals surface area contributed by atoms with Gasteiger partial charge in [0.2, 0.25) is 0 Å². The van der Waals surface area contributed by atoms with Crippen LogP contribution >= 0.6 is 11.8 Å². The highest BCUT2D eigenvalue weighted by Crippen LogP contribution is 2.28. The van der Waals surface area contributed by atoms with Gasteiger partial charge in [0.25, 0.3) is 0 Å². The largest absolute Gasteiger partial charge is 0.365 e. The molecule has 0 aromatic heterocycles. The minimum atomic E-state index is 0.586. The number of rotatable bonds is 5. The first-order chi connectivity index (χ1) is 10.1. The summed E-state index contributed by atoms with van der Waals surface area (Å²) >= 11 is 1.83. The van der Waals surface area contributed by atoms with Gasteiger partial charge in [0.1, 0.15) is 0 Å². The molecule has 21 heavy (non-hydrogen) atoms. The number of hydrogen-bond donors (Lipinski definition) is 1. The molecule has 2 rings (SSSR count). The highest BCUT2D eigenvalue weighted by atomic mass is 32.2. The van der Waals surface area contributed by atoms with Crippen LogP contribution in [0.3, 0.4) is 0 Å². The summed E-state index contributed by atoms with van der Waals surface area (Å²) in [6, 6.07) is 10.2. The van der Waals surface area contributed by atoms with Crippen LogP contribution in [0, 0.1) is 11.8 Å². The molecule has 0 bridgehead atoms. The topological polar surface area (TPSA) is 15.3 Å². The maximum atomic E-state index is 3.78. The predicted octanol–water partition coefficient (Wildman–Crippen LogP) is 4.26. The summed E-state index contributed by atoms with van der Waals surface area (Å²) in [6.45, 7) is 11.5. The third kappa shape index (κ3) is 3.95. The summed E-state index contributed by atoms with van der Waals surface area (Å²) in [6.07, 6.45) is 3.39. The standard InChI is InChI=1S/C18H30N2S/c1-6-14(4)17-12-20(18(11-19-17)13(2)3)15-8-7-9-16(10-15)21-5/h7-10,13-14,17-19H,6,11-12H2,1-5H3. The van der Waals surface area contributed by atoms with Gasteiger partial charge in [0, 0.05) is 35.8 Å². The van der Waals surface area contributed by atoms with E-state index in [0.29, 0.717) is 18.0 Å². The van der Waals surface area contributed by atoms with Crippen LogP contribution in [-0.4, -0.2) is 31.4 Å². The van der Waals surface area contributed by atoms with Gasteiger partial charge in [-0.05, 0) is 36.3 Å². The van der Waals surface area contributed by atoms with Crippen molar-refractivity contribution in [1.29, 1.82) is 0 Å². The Bertz CT molecular complexity index is 447. The monoisotopic (exact) mass is 306 g/mol. The van der Waals surface area contributed by atoms with Crippen LogP contribution < -0.4 is 10.2 Å². The molecule has 1 N–H and O–H groups in total. The first kappa shape index (κ1) is 16.7. The molecule has 0 saturated carbocycles. The van der Waals surface area contributed by atoms with Gasteiger partial charge in [0.15, 0.2) is 0 Å². The fourth-order valence-corrected chi connectivity index (χ4v) is 3.59. The number of piperazine rings is 1. The van der Waals surface area contributed by atoms with Crippen LogP contribution in [0.1, 0.15) is 34.1 Å². The van der Waals surface area contributed by atoms with E-state index in [9.17, 15) is 0 Å². The third-order valence-corrected chi connectivity index (χ3v) is 5.59. The Morgan fingerprint density at radius 2 is 2.10 bits per heavy atom. The SMILES string of the molecule is CCC(C)C1CN(c2cccc(SC)c2)C(C(C)C)CN1. The Morgan fingerprint density at radius 1 is 1.33 bits per heavy atom. The fourth-order valence-electron chi connectivity index (χ4n) is 3.14. The van der Waals surface area contributed by atoms with Crippen molar-refractivity contribution in [3.63, 3.8) is 0 Å². The average Bonchev–Trinajstić information content (AvgIpc) is 2.53. The molecule has 3 atom stereocenters. The normalized spacial score (nSPS) is 24.4. The summed E-state index contributed by atoms with van der Waals surface area (Å²) in [5.41, 5.74) is 1.38. The number of nitrogens with zero attached hydrogens (tertiary/aromatic N) is 1. The van der Waals surface area contributed by atoms with E-state index in [0.717, 1.165) is 19.0 Å². The molecule has 0 radical (unpaired) electrons. The highest BCUT2D eigenvalue weighted by Gasteiger charge is 2.31. The van der Waals surface area contributed by atoms with E-state index in [2.05, 4.69) is 68.4 Å². The maximum Gasteiger partial charge on any atom is 0.0438 e. The molecule has 1 saturated heterocycles. The molecule has 0 spiro atoms. The molecule has 1 fully saturated rings. The lowest BCUT2D eigenvalue weighted by atomic mass is 9.91. The molecule has 0 amide bonds. The first-order valence-electron chi connectivity index (χ1n) is 8.20. The Hall–Kier alpha value is -0.670. The van der Waals surface area contributed by atoms with Crippen molar-refractivity contribution >= 4 is 17.4 Å². The van der Waals surface area contributed by atoms with E-state index in [1.165, 1.54) is 17.0 Å². The molecular weight excluding hydrogens is 276 g/mol. The number of hydrogen-bond acceptors (Lipinski definition) is 3. The lowest BCUT2D eigenvalue weighted by Gasteiger charge is -2.45. The molecule has 3 unspecified atom stereocenters. The van der Waals surface area contributed by atoms with Crippen molar-refractivity contribution in [2.45, 2.75) is 51.1 Å². The van der Waals surface area contributed by atoms with Gasteiger partial charge in [-0.2, -0.15) is 0 Å². The smallest absolute Gasteiger partial charge is 0.0438 e. The van der Waals surface area contributed by atoms with Crippen LogP contribution in [0.5, 0.6) is 0 Å². The van der Waals surface area contributed by atoms with Gasteiger partial charge >= 0.3 is 0 Å². The van der Waals surface area contributed by atoms with E-state index in [4.69, 9.17) is 0 Å². The Kier molecular flexibility index (Phi) is 6.00. The van der Waals surface area contributed by atoms with Crippen molar-refractivity contribution in [3.05, 3.63) is 24.3 Å². The Labute approximate surface area is 134 Å². The molecule has 3 heteroatoms. The Balaban J connectivity index is 2.24. The van der Waals surface area contributed by atoms with Gasteiger partial charge in [-0.3, -0.25) is 0 Å². The van der Waals surface area contributed by atoms with Gasteiger partial charge in [0.05, 0.1) is 0 Å². The van der Waals surface area contributed by atoms with Crippen molar-refractivity contribution in [3.8, 4) is 0 Å². The second-order valence-electron chi connectivity index (χ2n) is 6.57. The quantitative estimate of drug-likeness (QED) is 0.818. The summed E-state index contributed by atoms with van der Waals surface area (Å²) in [5, 5.41) is 3.78. The zero-order valence-electron chi connectivity index (χ0n) is 14.1. The molecule has 1 aliphatic rings. The van der Waals surface area contributed by atoms with E-state index in [1.807, 2.05) is 11.8 Å². The molecule has 1 aromatic carbocycles. The van der Waals surface area contributed by atoms with Crippen LogP contribution in [0.25, 0.3) is 0 Å². The van der Waals surface area contributed by atoms with Crippen LogP contribution in [0.2, 0.25) is 0 Å². The van der Waals surface area contributed by atoms with Gasteiger partial charge < -0.3 is 10.2 Å². The molecule has 1 heterocycles. The first-order valence-corrected chi connectivity index (χ1v) is 9.43. The van der Waals surface area contributed by atoms with Crippen molar-refractivity contribution in [2.75, 3.05) is 24.2 Å². The minimum absolute atomic E-state index is 0.586. The third-order valence-electron chi connectivity index (χ3n) is 4.87. The number of benzene rings is 1. The number of nitrogens with one attached hydrogen (secondary N) is 1. The number of anilines is 1. The zero-order valence-corrected chi connectivity index (χ0v) is 14.9. The van der Waals surface area contributed by atoms with Crippen LogP contribution in [0.4, 0.5) is 5.69 Å². The fraction of sp³-hybridized carbons (Fsp3) is 0.667. The molecule has 1 aliphatic heterocycles. The Morgan fingerprint density at radius 3 is 2.71 bits per heavy atom. The van der Waals surface area contributed by atoms with E-state index in [1.54, 1.807) is 0 Å². The average molecular weight is 307 g/mol. The second-order valence-corrected chi connectivity index (χ2v) is 7.45. The lowest BCUT2D eigenvalue weighted by molar-refractivity contribution is 0.281. The summed E-state index contributed by atoms with van der Waals surface area (Å²) in [7, 11) is 0. The van der Waals surface area contributed by atoms with E-state index < -0.39 is 0 Å². The van der Waals surface area contributed by atoms with Crippen LogP contribution in [0.15, 0.2) is 29.2 Å². The number of thioether (sulfide) groups is 1. The summed E-state index contributed by atoms with van der Waals surface area (Å²) in [5.74, 6) is 1.39. The second kappa shape index (κ2) is 7.55. The maximum absolute atomic E-state index is 3.78. The predicted molar refractivity (Wildman–Crippen MR) is 95.4 cm³/mol.